The van der Waals surface area contributed by atoms with E-state index in [1.54, 1.807) is 0 Å². The second-order valence-corrected chi connectivity index (χ2v) is 7.15. The van der Waals surface area contributed by atoms with Crippen molar-refractivity contribution in [2.24, 2.45) is 0 Å². The van der Waals surface area contributed by atoms with Gasteiger partial charge in [-0.1, -0.05) is 48.9 Å². The fraction of sp³-hybridized carbons (Fsp3) is 0.571. The van der Waals surface area contributed by atoms with Crippen LogP contribution in [0.4, 0.5) is 0 Å². The van der Waals surface area contributed by atoms with Crippen LogP contribution in [0.5, 0.6) is 0 Å². The Morgan fingerprint density at radius 1 is 1.16 bits per heavy atom. The number of rotatable bonds is 5. The summed E-state index contributed by atoms with van der Waals surface area (Å²) in [5.41, 5.74) is 1.10. The molecule has 2 aliphatic rings. The third-order valence-electron chi connectivity index (χ3n) is 4.95. The fourth-order valence-electron chi connectivity index (χ4n) is 3.67. The first-order valence-corrected chi connectivity index (χ1v) is 9.45. The molecule has 0 unspecified atom stereocenters. The van der Waals surface area contributed by atoms with Crippen molar-refractivity contribution in [3.8, 4) is 0 Å². The molecule has 1 N–H and O–H groups in total. The number of ether oxygens (including phenoxy) is 2. The average molecular weight is 344 g/mol. The van der Waals surface area contributed by atoms with Crippen LogP contribution in [0.2, 0.25) is 0 Å². The standard InChI is InChI=1S/C21H28O4/c22-17-13-19(12-11-16-7-3-1-4-8-16)24-20(14-17)15-21(23)25-18-9-5-2-6-10-18/h1,3-4,7-8,11-12,17-20,22H,2,5-6,9-10,13-15H2/b12-11+/t17-,19+,20+/m0/s1. The summed E-state index contributed by atoms with van der Waals surface area (Å²) in [6.07, 6.45) is 9.92. The van der Waals surface area contributed by atoms with E-state index in [0.717, 1.165) is 31.2 Å². The first-order valence-electron chi connectivity index (χ1n) is 9.45. The molecule has 0 radical (unpaired) electrons. The molecule has 25 heavy (non-hydrogen) atoms. The van der Waals surface area contributed by atoms with Gasteiger partial charge < -0.3 is 14.6 Å². The molecule has 0 spiro atoms. The van der Waals surface area contributed by atoms with Crippen molar-refractivity contribution in [1.82, 2.24) is 0 Å². The topological polar surface area (TPSA) is 55.8 Å². The highest BCUT2D eigenvalue weighted by molar-refractivity contribution is 5.70. The molecule has 1 aromatic carbocycles. The summed E-state index contributed by atoms with van der Waals surface area (Å²) in [4.78, 5) is 12.2. The Hall–Kier alpha value is -1.65. The van der Waals surface area contributed by atoms with Crippen LogP contribution in [0.1, 0.15) is 56.9 Å². The molecular formula is C21H28O4. The van der Waals surface area contributed by atoms with Crippen LogP contribution in [0.15, 0.2) is 36.4 Å². The lowest BCUT2D eigenvalue weighted by Crippen LogP contribution is -2.36. The molecule has 3 rings (SSSR count). The van der Waals surface area contributed by atoms with Gasteiger partial charge in [0.1, 0.15) is 6.10 Å². The molecule has 1 saturated heterocycles. The number of aliphatic hydroxyl groups excluding tert-OH is 1. The van der Waals surface area contributed by atoms with Crippen molar-refractivity contribution in [3.05, 3.63) is 42.0 Å². The highest BCUT2D eigenvalue weighted by Crippen LogP contribution is 2.25. The van der Waals surface area contributed by atoms with Gasteiger partial charge in [0.2, 0.25) is 0 Å². The molecule has 2 fully saturated rings. The van der Waals surface area contributed by atoms with E-state index in [4.69, 9.17) is 9.47 Å². The highest BCUT2D eigenvalue weighted by Gasteiger charge is 2.29. The summed E-state index contributed by atoms with van der Waals surface area (Å²) < 4.78 is 11.6. The van der Waals surface area contributed by atoms with Crippen molar-refractivity contribution in [3.63, 3.8) is 0 Å². The Bertz CT molecular complexity index is 563. The first kappa shape index (κ1) is 18.2. The summed E-state index contributed by atoms with van der Waals surface area (Å²) in [5.74, 6) is -0.197. The zero-order chi connectivity index (χ0) is 17.5. The maximum absolute atomic E-state index is 12.2. The van der Waals surface area contributed by atoms with Gasteiger partial charge in [-0.2, -0.15) is 0 Å². The van der Waals surface area contributed by atoms with Gasteiger partial charge in [-0.15, -0.1) is 0 Å². The van der Waals surface area contributed by atoms with E-state index < -0.39 is 6.10 Å². The van der Waals surface area contributed by atoms with Gasteiger partial charge in [0.15, 0.2) is 0 Å². The molecule has 1 aromatic rings. The van der Waals surface area contributed by atoms with E-state index >= 15 is 0 Å². The largest absolute Gasteiger partial charge is 0.462 e. The van der Waals surface area contributed by atoms with Gasteiger partial charge in [-0.25, -0.2) is 0 Å². The summed E-state index contributed by atoms with van der Waals surface area (Å²) in [6.45, 7) is 0. The third-order valence-corrected chi connectivity index (χ3v) is 4.95. The average Bonchev–Trinajstić information content (AvgIpc) is 2.61. The molecule has 3 atom stereocenters. The van der Waals surface area contributed by atoms with Gasteiger partial charge >= 0.3 is 5.97 Å². The number of carbonyl (C=O) groups is 1. The minimum atomic E-state index is -0.438. The van der Waals surface area contributed by atoms with Crippen LogP contribution in [0.25, 0.3) is 6.08 Å². The lowest BCUT2D eigenvalue weighted by Gasteiger charge is -2.32. The van der Waals surface area contributed by atoms with Crippen LogP contribution in [-0.2, 0) is 14.3 Å². The van der Waals surface area contributed by atoms with Gasteiger partial charge in [0.25, 0.3) is 0 Å². The second-order valence-electron chi connectivity index (χ2n) is 7.15. The molecule has 1 aliphatic heterocycles. The Labute approximate surface area is 149 Å². The minimum Gasteiger partial charge on any atom is -0.462 e. The summed E-state index contributed by atoms with van der Waals surface area (Å²) >= 11 is 0. The molecule has 1 aliphatic carbocycles. The van der Waals surface area contributed by atoms with Crippen molar-refractivity contribution in [2.45, 2.75) is 75.8 Å². The molecule has 0 amide bonds. The van der Waals surface area contributed by atoms with Gasteiger partial charge in [0, 0.05) is 12.8 Å². The number of benzene rings is 1. The minimum absolute atomic E-state index is 0.0727. The summed E-state index contributed by atoms with van der Waals surface area (Å²) in [7, 11) is 0. The normalized spacial score (nSPS) is 28.1. The van der Waals surface area contributed by atoms with Gasteiger partial charge in [-0.3, -0.25) is 4.79 Å². The van der Waals surface area contributed by atoms with E-state index in [2.05, 4.69) is 0 Å². The van der Waals surface area contributed by atoms with Crippen LogP contribution < -0.4 is 0 Å². The predicted octanol–water partition coefficient (Wildman–Crippen LogP) is 3.87. The first-order chi connectivity index (χ1) is 12.2. The number of carbonyl (C=O) groups excluding carboxylic acids is 1. The molecule has 136 valence electrons. The van der Waals surface area contributed by atoms with E-state index in [1.165, 1.54) is 6.42 Å². The smallest absolute Gasteiger partial charge is 0.308 e. The molecule has 1 saturated carbocycles. The lowest BCUT2D eigenvalue weighted by molar-refractivity contribution is -0.157. The molecule has 1 heterocycles. The number of esters is 1. The third kappa shape index (κ3) is 5.98. The van der Waals surface area contributed by atoms with Crippen LogP contribution >= 0.6 is 0 Å². The number of hydrogen-bond acceptors (Lipinski definition) is 4. The van der Waals surface area contributed by atoms with Gasteiger partial charge in [0.05, 0.1) is 24.7 Å². The quantitative estimate of drug-likeness (QED) is 0.824. The fourth-order valence-corrected chi connectivity index (χ4v) is 3.67. The van der Waals surface area contributed by atoms with Crippen LogP contribution in [-0.4, -0.2) is 35.5 Å². The molecule has 0 bridgehead atoms. The highest BCUT2D eigenvalue weighted by atomic mass is 16.5. The zero-order valence-corrected chi connectivity index (χ0v) is 14.7. The lowest BCUT2D eigenvalue weighted by atomic mass is 9.97. The monoisotopic (exact) mass is 344 g/mol. The molecule has 4 nitrogen and oxygen atoms in total. The second kappa shape index (κ2) is 9.16. The Balaban J connectivity index is 1.49. The van der Waals surface area contributed by atoms with E-state index in [-0.39, 0.29) is 30.7 Å². The zero-order valence-electron chi connectivity index (χ0n) is 14.7. The van der Waals surface area contributed by atoms with Crippen molar-refractivity contribution in [1.29, 1.82) is 0 Å². The van der Waals surface area contributed by atoms with E-state index in [9.17, 15) is 9.90 Å². The van der Waals surface area contributed by atoms with Gasteiger partial charge in [-0.05, 0) is 31.2 Å². The Morgan fingerprint density at radius 3 is 2.68 bits per heavy atom. The summed E-state index contributed by atoms with van der Waals surface area (Å²) in [6, 6.07) is 10.00. The maximum atomic E-state index is 12.2. The van der Waals surface area contributed by atoms with Crippen molar-refractivity contribution in [2.75, 3.05) is 0 Å². The SMILES string of the molecule is O=C(C[C@H]1C[C@@H](O)C[C@@H](/C=C/c2ccccc2)O1)OC1CCCCC1. The van der Waals surface area contributed by atoms with Crippen molar-refractivity contribution >= 4 is 12.0 Å². The summed E-state index contributed by atoms with van der Waals surface area (Å²) in [5, 5.41) is 10.1. The molecule has 0 aromatic heterocycles. The number of hydrogen-bond donors (Lipinski definition) is 1. The van der Waals surface area contributed by atoms with Crippen molar-refractivity contribution < 1.29 is 19.4 Å². The van der Waals surface area contributed by atoms with Crippen LogP contribution in [0.3, 0.4) is 0 Å². The number of aliphatic hydroxyl groups is 1. The Kier molecular flexibility index (Phi) is 6.65. The molecular weight excluding hydrogens is 316 g/mol. The maximum Gasteiger partial charge on any atom is 0.308 e. The van der Waals surface area contributed by atoms with Crippen LogP contribution in [0, 0.1) is 0 Å². The molecule has 4 heteroatoms. The van der Waals surface area contributed by atoms with E-state index in [1.807, 2.05) is 42.5 Å². The predicted molar refractivity (Wildman–Crippen MR) is 97.0 cm³/mol. The Morgan fingerprint density at radius 2 is 1.92 bits per heavy atom. The van der Waals surface area contributed by atoms with E-state index in [0.29, 0.717) is 12.8 Å².